The van der Waals surface area contributed by atoms with Gasteiger partial charge in [-0.05, 0) is 49.2 Å². The van der Waals surface area contributed by atoms with Crippen molar-refractivity contribution in [2.75, 3.05) is 17.5 Å². The number of hydrogen-bond acceptors (Lipinski definition) is 8. The third-order valence-corrected chi connectivity index (χ3v) is 5.11. The summed E-state index contributed by atoms with van der Waals surface area (Å²) in [7, 11) is -3.41. The molecule has 0 bridgehead atoms. The zero-order chi connectivity index (χ0) is 19.6. The lowest BCUT2D eigenvalue weighted by atomic mass is 10.2. The maximum absolute atomic E-state index is 11.4. The molecule has 1 aliphatic heterocycles. The molecule has 0 spiro atoms. The average molecular weight is 400 g/mol. The van der Waals surface area contributed by atoms with Crippen LogP contribution in [0.2, 0.25) is 0 Å². The predicted molar refractivity (Wildman–Crippen MR) is 103 cm³/mol. The van der Waals surface area contributed by atoms with Gasteiger partial charge >= 0.3 is 0 Å². The molecule has 0 aromatic carbocycles. The second kappa shape index (κ2) is 7.64. The molecule has 1 saturated heterocycles. The molecule has 146 valence electrons. The molecule has 4 heterocycles. The molecule has 3 aromatic rings. The first-order chi connectivity index (χ1) is 13.5. The van der Waals surface area contributed by atoms with Gasteiger partial charge in [-0.25, -0.2) is 13.4 Å². The summed E-state index contributed by atoms with van der Waals surface area (Å²) < 4.78 is 30.7. The highest BCUT2D eigenvalue weighted by Crippen LogP contribution is 2.33. The lowest BCUT2D eigenvalue weighted by Gasteiger charge is -2.21. The summed E-state index contributed by atoms with van der Waals surface area (Å²) in [5.74, 6) is 1.19. The van der Waals surface area contributed by atoms with Gasteiger partial charge in [0.2, 0.25) is 21.7 Å². The van der Waals surface area contributed by atoms with Gasteiger partial charge < -0.3 is 4.52 Å². The number of hydrogen-bond donors (Lipinski definition) is 1. The van der Waals surface area contributed by atoms with Crippen molar-refractivity contribution in [2.24, 2.45) is 0 Å². The monoisotopic (exact) mass is 400 g/mol. The molecule has 1 aliphatic rings. The molecule has 0 radical (unpaired) electrons. The van der Waals surface area contributed by atoms with Crippen LogP contribution in [0.3, 0.4) is 0 Å². The normalized spacial score (nSPS) is 17.7. The third-order valence-electron chi connectivity index (χ3n) is 4.53. The van der Waals surface area contributed by atoms with Gasteiger partial charge in [-0.3, -0.25) is 14.6 Å². The number of pyridine rings is 2. The smallest absolute Gasteiger partial charge is 0.244 e. The first-order valence-electron chi connectivity index (χ1n) is 8.89. The van der Waals surface area contributed by atoms with Crippen LogP contribution in [-0.2, 0) is 16.6 Å². The molecule has 0 saturated carbocycles. The van der Waals surface area contributed by atoms with Crippen LogP contribution in [0, 0.1) is 0 Å². The Hall–Kier alpha value is -2.85. The maximum Gasteiger partial charge on any atom is 0.244 e. The number of anilines is 1. The predicted octanol–water partition coefficient (Wildman–Crippen LogP) is 2.24. The van der Waals surface area contributed by atoms with Crippen molar-refractivity contribution in [2.45, 2.75) is 25.4 Å². The number of sulfonamides is 1. The number of likely N-dealkylation sites (tertiary alicyclic amines) is 1. The highest BCUT2D eigenvalue weighted by atomic mass is 32.2. The van der Waals surface area contributed by atoms with Crippen LogP contribution >= 0.6 is 0 Å². The lowest BCUT2D eigenvalue weighted by Crippen LogP contribution is -2.23. The Morgan fingerprint density at radius 2 is 2.07 bits per heavy atom. The van der Waals surface area contributed by atoms with Gasteiger partial charge in [-0.2, -0.15) is 4.98 Å². The van der Waals surface area contributed by atoms with E-state index in [1.807, 2.05) is 12.1 Å². The minimum Gasteiger partial charge on any atom is -0.337 e. The van der Waals surface area contributed by atoms with E-state index in [1.165, 1.54) is 11.8 Å². The van der Waals surface area contributed by atoms with Crippen LogP contribution in [-0.4, -0.2) is 46.2 Å². The number of rotatable bonds is 6. The van der Waals surface area contributed by atoms with Crippen LogP contribution in [0.1, 0.15) is 30.3 Å². The van der Waals surface area contributed by atoms with Crippen molar-refractivity contribution in [3.63, 3.8) is 0 Å². The van der Waals surface area contributed by atoms with Crippen LogP contribution in [0.5, 0.6) is 0 Å². The molecule has 9 nitrogen and oxygen atoms in total. The first kappa shape index (κ1) is 18.5. The molecule has 1 N–H and O–H groups in total. The molecule has 0 unspecified atom stereocenters. The molecule has 1 fully saturated rings. The van der Waals surface area contributed by atoms with Crippen LogP contribution in [0.4, 0.5) is 5.82 Å². The van der Waals surface area contributed by atoms with Gasteiger partial charge in [0.05, 0.1) is 12.3 Å². The van der Waals surface area contributed by atoms with Gasteiger partial charge in [0.1, 0.15) is 5.82 Å². The van der Waals surface area contributed by atoms with Crippen molar-refractivity contribution in [3.05, 3.63) is 54.3 Å². The Labute approximate surface area is 162 Å². The van der Waals surface area contributed by atoms with Gasteiger partial charge in [0.25, 0.3) is 0 Å². The molecule has 1 atom stereocenters. The summed E-state index contributed by atoms with van der Waals surface area (Å²) >= 11 is 0. The van der Waals surface area contributed by atoms with E-state index in [1.54, 1.807) is 24.5 Å². The van der Waals surface area contributed by atoms with E-state index >= 15 is 0 Å². The van der Waals surface area contributed by atoms with Crippen molar-refractivity contribution < 1.29 is 12.9 Å². The number of aromatic nitrogens is 4. The zero-order valence-corrected chi connectivity index (χ0v) is 16.1. The zero-order valence-electron chi connectivity index (χ0n) is 15.3. The van der Waals surface area contributed by atoms with Crippen molar-refractivity contribution in [1.82, 2.24) is 25.0 Å². The fraction of sp³-hybridized carbons (Fsp3) is 0.333. The Morgan fingerprint density at radius 1 is 1.25 bits per heavy atom. The average Bonchev–Trinajstić information content (AvgIpc) is 3.30. The van der Waals surface area contributed by atoms with Crippen LogP contribution < -0.4 is 4.72 Å². The van der Waals surface area contributed by atoms with Crippen molar-refractivity contribution >= 4 is 15.8 Å². The minimum absolute atomic E-state index is 0.0601. The Bertz CT molecular complexity index is 1050. The summed E-state index contributed by atoms with van der Waals surface area (Å²) in [5, 5.41) is 4.08. The lowest BCUT2D eigenvalue weighted by molar-refractivity contribution is 0.201. The van der Waals surface area contributed by atoms with Crippen LogP contribution in [0.15, 0.2) is 47.4 Å². The van der Waals surface area contributed by atoms with Gasteiger partial charge in [-0.1, -0.05) is 5.16 Å². The Balaban J connectivity index is 1.53. The fourth-order valence-corrected chi connectivity index (χ4v) is 3.81. The summed E-state index contributed by atoms with van der Waals surface area (Å²) in [6.45, 7) is 1.75. The second-order valence-electron chi connectivity index (χ2n) is 6.74. The topological polar surface area (TPSA) is 114 Å². The number of nitrogens with zero attached hydrogens (tertiary/aromatic N) is 5. The van der Waals surface area contributed by atoms with E-state index < -0.39 is 10.0 Å². The van der Waals surface area contributed by atoms with Gasteiger partial charge in [0.15, 0.2) is 0 Å². The van der Waals surface area contributed by atoms with E-state index in [2.05, 4.69) is 29.7 Å². The standard InChI is InChI=1S/C18H20N6O3S/c1-28(25,26)23-16-11-14(6-9-20-16)17-21-18(27-22-17)15-3-2-10-24(15)12-13-4-7-19-8-5-13/h4-9,11,15H,2-3,10,12H2,1H3,(H,20,23)/t15-/m0/s1. The summed E-state index contributed by atoms with van der Waals surface area (Å²) in [5.41, 5.74) is 1.82. The summed E-state index contributed by atoms with van der Waals surface area (Å²) in [4.78, 5) is 14.9. The third kappa shape index (κ3) is 4.34. The van der Waals surface area contributed by atoms with E-state index in [0.717, 1.165) is 32.2 Å². The van der Waals surface area contributed by atoms with E-state index in [-0.39, 0.29) is 11.9 Å². The molecule has 3 aromatic heterocycles. The van der Waals surface area contributed by atoms with Gasteiger partial charge in [0, 0.05) is 30.7 Å². The van der Waals surface area contributed by atoms with Crippen molar-refractivity contribution in [1.29, 1.82) is 0 Å². The molecule has 0 amide bonds. The van der Waals surface area contributed by atoms with E-state index in [9.17, 15) is 8.42 Å². The Kier molecular flexibility index (Phi) is 5.05. The van der Waals surface area contributed by atoms with E-state index in [4.69, 9.17) is 4.52 Å². The summed E-state index contributed by atoms with van der Waals surface area (Å²) in [6, 6.07) is 7.36. The maximum atomic E-state index is 11.4. The van der Waals surface area contributed by atoms with Gasteiger partial charge in [-0.15, -0.1) is 0 Å². The molecule has 0 aliphatic carbocycles. The second-order valence-corrected chi connectivity index (χ2v) is 8.49. The molecule has 28 heavy (non-hydrogen) atoms. The van der Waals surface area contributed by atoms with Crippen molar-refractivity contribution in [3.8, 4) is 11.4 Å². The molecule has 4 rings (SSSR count). The minimum atomic E-state index is -3.41. The largest absolute Gasteiger partial charge is 0.337 e. The first-order valence-corrected chi connectivity index (χ1v) is 10.8. The Morgan fingerprint density at radius 3 is 2.86 bits per heavy atom. The molecular weight excluding hydrogens is 380 g/mol. The summed E-state index contributed by atoms with van der Waals surface area (Å²) in [6.07, 6.45) is 8.16. The fourth-order valence-electron chi connectivity index (χ4n) is 3.32. The highest BCUT2D eigenvalue weighted by molar-refractivity contribution is 7.92. The molecular formula is C18H20N6O3S. The van der Waals surface area contributed by atoms with E-state index in [0.29, 0.717) is 17.3 Å². The highest BCUT2D eigenvalue weighted by Gasteiger charge is 2.30. The number of nitrogens with one attached hydrogen (secondary N) is 1. The molecule has 10 heteroatoms. The van der Waals surface area contributed by atoms with Crippen LogP contribution in [0.25, 0.3) is 11.4 Å². The quantitative estimate of drug-likeness (QED) is 0.670. The SMILES string of the molecule is CS(=O)(=O)Nc1cc(-c2noc([C@@H]3CCCN3Cc3ccncc3)n2)ccn1.